The van der Waals surface area contributed by atoms with E-state index >= 15 is 0 Å². The summed E-state index contributed by atoms with van der Waals surface area (Å²) in [5.74, 6) is 2.66. The van der Waals surface area contributed by atoms with Crippen molar-refractivity contribution in [2.75, 3.05) is 0 Å². The highest BCUT2D eigenvalue weighted by Gasteiger charge is 2.33. The van der Waals surface area contributed by atoms with Gasteiger partial charge in [-0.1, -0.05) is 45.4 Å². The number of carbonyl (C=O) groups excluding carboxylic acids is 1. The average Bonchev–Trinajstić information content (AvgIpc) is 2.70. The third kappa shape index (κ3) is 6.05. The van der Waals surface area contributed by atoms with E-state index in [0.29, 0.717) is 5.75 Å². The number of halogens is 1. The summed E-state index contributed by atoms with van der Waals surface area (Å²) in [5, 5.41) is 0. The van der Waals surface area contributed by atoms with Gasteiger partial charge in [0.1, 0.15) is 11.6 Å². The lowest BCUT2D eigenvalue weighted by Crippen LogP contribution is -2.30. The van der Waals surface area contributed by atoms with Crippen LogP contribution in [0.2, 0.25) is 0 Å². The van der Waals surface area contributed by atoms with Gasteiger partial charge in [-0.25, -0.2) is 4.39 Å². The van der Waals surface area contributed by atoms with E-state index in [0.717, 1.165) is 43.4 Å². The molecule has 0 aromatic heterocycles. The molecule has 0 aliphatic heterocycles. The molecule has 150 valence electrons. The third-order valence-corrected chi connectivity index (χ3v) is 6.91. The number of rotatable bonds is 7. The molecular formula is C24H35FO2. The molecule has 27 heavy (non-hydrogen) atoms. The van der Waals surface area contributed by atoms with Crippen molar-refractivity contribution in [3.05, 3.63) is 30.1 Å². The fourth-order valence-corrected chi connectivity index (χ4v) is 5.16. The molecule has 0 N–H and O–H groups in total. The summed E-state index contributed by atoms with van der Waals surface area (Å²) in [6.07, 6.45) is 15.4. The monoisotopic (exact) mass is 374 g/mol. The number of hydrogen-bond acceptors (Lipinski definition) is 2. The van der Waals surface area contributed by atoms with Crippen LogP contribution in [0.15, 0.2) is 24.3 Å². The predicted octanol–water partition coefficient (Wildman–Crippen LogP) is 6.92. The second-order valence-electron chi connectivity index (χ2n) is 8.76. The highest BCUT2D eigenvalue weighted by molar-refractivity contribution is 5.75. The fraction of sp³-hybridized carbons (Fsp3) is 0.708. The predicted molar refractivity (Wildman–Crippen MR) is 107 cm³/mol. The van der Waals surface area contributed by atoms with Crippen LogP contribution in [0.3, 0.4) is 0 Å². The van der Waals surface area contributed by atoms with Crippen LogP contribution >= 0.6 is 0 Å². The van der Waals surface area contributed by atoms with E-state index in [4.69, 9.17) is 4.74 Å². The quantitative estimate of drug-likeness (QED) is 0.294. The topological polar surface area (TPSA) is 26.3 Å². The molecule has 2 nitrogen and oxygen atoms in total. The van der Waals surface area contributed by atoms with E-state index in [1.165, 1.54) is 75.6 Å². The summed E-state index contributed by atoms with van der Waals surface area (Å²) < 4.78 is 18.4. The molecule has 2 aliphatic carbocycles. The lowest BCUT2D eigenvalue weighted by Gasteiger charge is -2.37. The van der Waals surface area contributed by atoms with Crippen LogP contribution in [0.5, 0.6) is 5.75 Å². The lowest BCUT2D eigenvalue weighted by atomic mass is 9.68. The Morgan fingerprint density at radius 2 is 1.52 bits per heavy atom. The van der Waals surface area contributed by atoms with E-state index in [1.807, 2.05) is 0 Å². The van der Waals surface area contributed by atoms with Gasteiger partial charge in [0, 0.05) is 0 Å². The van der Waals surface area contributed by atoms with Gasteiger partial charge in [-0.2, -0.15) is 0 Å². The minimum absolute atomic E-state index is 0.0108. The van der Waals surface area contributed by atoms with Crippen molar-refractivity contribution < 1.29 is 13.9 Å². The first-order valence-corrected chi connectivity index (χ1v) is 11.1. The summed E-state index contributed by atoms with van der Waals surface area (Å²) in [7, 11) is 0. The highest BCUT2D eigenvalue weighted by Crippen LogP contribution is 2.42. The van der Waals surface area contributed by atoms with E-state index in [-0.39, 0.29) is 17.7 Å². The minimum Gasteiger partial charge on any atom is -0.426 e. The Bertz CT molecular complexity index is 567. The van der Waals surface area contributed by atoms with E-state index in [1.54, 1.807) is 0 Å². The van der Waals surface area contributed by atoms with Gasteiger partial charge in [-0.15, -0.1) is 0 Å². The Morgan fingerprint density at radius 3 is 2.11 bits per heavy atom. The van der Waals surface area contributed by atoms with Gasteiger partial charge in [0.05, 0.1) is 5.92 Å². The van der Waals surface area contributed by atoms with Crippen molar-refractivity contribution in [3.8, 4) is 5.75 Å². The van der Waals surface area contributed by atoms with Crippen molar-refractivity contribution in [2.24, 2.45) is 23.7 Å². The number of carbonyl (C=O) groups is 1. The maximum atomic E-state index is 13.0. The zero-order valence-corrected chi connectivity index (χ0v) is 16.8. The van der Waals surface area contributed by atoms with Crippen LogP contribution in [-0.2, 0) is 4.79 Å². The Kier molecular flexibility index (Phi) is 7.72. The second-order valence-corrected chi connectivity index (χ2v) is 8.76. The molecule has 2 saturated carbocycles. The Balaban J connectivity index is 1.37. The van der Waals surface area contributed by atoms with Crippen molar-refractivity contribution in [3.63, 3.8) is 0 Å². The van der Waals surface area contributed by atoms with Gasteiger partial charge in [0.25, 0.3) is 0 Å². The molecule has 0 bridgehead atoms. The standard InChI is InChI=1S/C24H35FO2/c1-2-3-4-5-18-6-8-19(9-7-18)20-10-12-21(13-11-20)24(26)27-23-16-14-22(25)15-17-23/h14-21H,2-13H2,1H3. The summed E-state index contributed by atoms with van der Waals surface area (Å²) in [6.45, 7) is 2.28. The van der Waals surface area contributed by atoms with Crippen molar-refractivity contribution in [1.29, 1.82) is 0 Å². The van der Waals surface area contributed by atoms with Crippen LogP contribution in [0.4, 0.5) is 4.39 Å². The Labute approximate surface area is 163 Å². The number of esters is 1. The Morgan fingerprint density at radius 1 is 0.926 bits per heavy atom. The lowest BCUT2D eigenvalue weighted by molar-refractivity contribution is -0.140. The van der Waals surface area contributed by atoms with Crippen LogP contribution in [-0.4, -0.2) is 5.97 Å². The zero-order chi connectivity index (χ0) is 19.1. The molecule has 0 heterocycles. The molecule has 3 heteroatoms. The highest BCUT2D eigenvalue weighted by atomic mass is 19.1. The largest absolute Gasteiger partial charge is 0.426 e. The molecule has 1 aromatic carbocycles. The molecule has 1 aromatic rings. The number of unbranched alkanes of at least 4 members (excludes halogenated alkanes) is 2. The van der Waals surface area contributed by atoms with E-state index in [9.17, 15) is 9.18 Å². The zero-order valence-electron chi connectivity index (χ0n) is 16.8. The average molecular weight is 375 g/mol. The maximum Gasteiger partial charge on any atom is 0.314 e. The molecule has 0 atom stereocenters. The van der Waals surface area contributed by atoms with Crippen LogP contribution < -0.4 is 4.74 Å². The smallest absolute Gasteiger partial charge is 0.314 e. The molecule has 0 amide bonds. The summed E-state index contributed by atoms with van der Waals surface area (Å²) in [5.41, 5.74) is 0. The van der Waals surface area contributed by atoms with Crippen molar-refractivity contribution in [1.82, 2.24) is 0 Å². The maximum absolute atomic E-state index is 13.0. The number of ether oxygens (including phenoxy) is 1. The second kappa shape index (κ2) is 10.2. The summed E-state index contributed by atoms with van der Waals surface area (Å²) in [6, 6.07) is 5.71. The van der Waals surface area contributed by atoms with Crippen LogP contribution in [0.25, 0.3) is 0 Å². The fourth-order valence-electron chi connectivity index (χ4n) is 5.16. The van der Waals surface area contributed by atoms with Gasteiger partial charge in [-0.05, 0) is 80.5 Å². The first kappa shape index (κ1) is 20.4. The minimum atomic E-state index is -0.310. The van der Waals surface area contributed by atoms with E-state index < -0.39 is 0 Å². The SMILES string of the molecule is CCCCCC1CCC(C2CCC(C(=O)Oc3ccc(F)cc3)CC2)CC1. The molecule has 0 unspecified atom stereocenters. The molecular weight excluding hydrogens is 339 g/mol. The van der Waals surface area contributed by atoms with Crippen molar-refractivity contribution in [2.45, 2.75) is 84.0 Å². The van der Waals surface area contributed by atoms with Gasteiger partial charge in [-0.3, -0.25) is 4.79 Å². The molecule has 0 saturated heterocycles. The Hall–Kier alpha value is -1.38. The summed E-state index contributed by atoms with van der Waals surface area (Å²) >= 11 is 0. The third-order valence-electron chi connectivity index (χ3n) is 6.91. The van der Waals surface area contributed by atoms with Crippen molar-refractivity contribution >= 4 is 5.97 Å². The van der Waals surface area contributed by atoms with Gasteiger partial charge >= 0.3 is 5.97 Å². The van der Waals surface area contributed by atoms with Gasteiger partial charge < -0.3 is 4.74 Å². The first-order chi connectivity index (χ1) is 13.2. The number of hydrogen-bond donors (Lipinski definition) is 0. The molecule has 0 radical (unpaired) electrons. The summed E-state index contributed by atoms with van der Waals surface area (Å²) in [4.78, 5) is 12.4. The van der Waals surface area contributed by atoms with Crippen LogP contribution in [0, 0.1) is 29.5 Å². The molecule has 2 aliphatic rings. The van der Waals surface area contributed by atoms with Gasteiger partial charge in [0.15, 0.2) is 0 Å². The molecule has 0 spiro atoms. The van der Waals surface area contributed by atoms with E-state index in [2.05, 4.69) is 6.92 Å². The number of benzene rings is 1. The molecule has 3 rings (SSSR count). The molecule has 2 fully saturated rings. The first-order valence-electron chi connectivity index (χ1n) is 11.1. The van der Waals surface area contributed by atoms with Gasteiger partial charge in [0.2, 0.25) is 0 Å². The van der Waals surface area contributed by atoms with Crippen LogP contribution in [0.1, 0.15) is 84.0 Å². The normalized spacial score (nSPS) is 28.7.